The van der Waals surface area contributed by atoms with Crippen molar-refractivity contribution < 1.29 is 19.6 Å². The molecule has 1 spiro atoms. The van der Waals surface area contributed by atoms with Crippen molar-refractivity contribution in [2.24, 2.45) is 0 Å². The fourth-order valence-electron chi connectivity index (χ4n) is 3.68. The highest BCUT2D eigenvalue weighted by Crippen LogP contribution is 2.34. The average molecular weight is 334 g/mol. The second-order valence-corrected chi connectivity index (χ2v) is 6.63. The zero-order valence-electron chi connectivity index (χ0n) is 13.6. The Morgan fingerprint density at radius 1 is 1.25 bits per heavy atom. The molecular formula is C17H22N2O5. The standard InChI is InChI=1S/C17H22N2O5/c20-15-6-5-13(11-14(15)19(22)23)16(21)18-9-10-24-17(12-18)7-3-1-2-4-8-17/h5-6,11,20H,1-4,7-10,12H2. The van der Waals surface area contributed by atoms with Gasteiger partial charge in [-0.3, -0.25) is 14.9 Å². The van der Waals surface area contributed by atoms with Gasteiger partial charge in [0.1, 0.15) is 0 Å². The van der Waals surface area contributed by atoms with E-state index in [1.54, 1.807) is 4.90 Å². The maximum Gasteiger partial charge on any atom is 0.311 e. The highest BCUT2D eigenvalue weighted by atomic mass is 16.6. The molecule has 1 N–H and O–H groups in total. The Labute approximate surface area is 140 Å². The molecule has 1 saturated heterocycles. The lowest BCUT2D eigenvalue weighted by molar-refractivity contribution is -0.385. The van der Waals surface area contributed by atoms with Gasteiger partial charge in [-0.2, -0.15) is 0 Å². The van der Waals surface area contributed by atoms with Crippen molar-refractivity contribution in [3.63, 3.8) is 0 Å². The Hall–Kier alpha value is -2.15. The number of carbonyl (C=O) groups is 1. The van der Waals surface area contributed by atoms with Crippen molar-refractivity contribution in [1.82, 2.24) is 4.90 Å². The topological polar surface area (TPSA) is 92.9 Å². The van der Waals surface area contributed by atoms with Gasteiger partial charge < -0.3 is 14.7 Å². The Kier molecular flexibility index (Phi) is 4.71. The van der Waals surface area contributed by atoms with Crippen LogP contribution in [0.3, 0.4) is 0 Å². The smallest absolute Gasteiger partial charge is 0.311 e. The number of carbonyl (C=O) groups excluding carboxylic acids is 1. The van der Waals surface area contributed by atoms with E-state index in [-0.39, 0.29) is 17.1 Å². The van der Waals surface area contributed by atoms with Crippen LogP contribution in [-0.4, -0.2) is 46.1 Å². The molecule has 24 heavy (non-hydrogen) atoms. The molecular weight excluding hydrogens is 312 g/mol. The molecule has 7 heteroatoms. The van der Waals surface area contributed by atoms with Crippen molar-refractivity contribution in [2.45, 2.75) is 44.1 Å². The minimum absolute atomic E-state index is 0.227. The van der Waals surface area contributed by atoms with Gasteiger partial charge >= 0.3 is 5.69 Å². The van der Waals surface area contributed by atoms with Gasteiger partial charge in [-0.05, 0) is 25.0 Å². The second-order valence-electron chi connectivity index (χ2n) is 6.63. The first-order valence-corrected chi connectivity index (χ1v) is 8.41. The van der Waals surface area contributed by atoms with Crippen molar-refractivity contribution in [3.8, 4) is 5.75 Å². The summed E-state index contributed by atoms with van der Waals surface area (Å²) >= 11 is 0. The largest absolute Gasteiger partial charge is 0.502 e. The SMILES string of the molecule is O=C(c1ccc(O)c([N+](=O)[O-])c1)N1CCOC2(CCCCCC2)C1. The molecule has 3 rings (SSSR count). The first-order valence-electron chi connectivity index (χ1n) is 8.41. The van der Waals surface area contributed by atoms with Gasteiger partial charge in [0.15, 0.2) is 5.75 Å². The Morgan fingerprint density at radius 2 is 1.96 bits per heavy atom. The molecule has 2 fully saturated rings. The molecule has 0 aromatic heterocycles. The predicted octanol–water partition coefficient (Wildman–Crippen LogP) is 2.87. The Morgan fingerprint density at radius 3 is 2.62 bits per heavy atom. The van der Waals surface area contributed by atoms with E-state index in [2.05, 4.69) is 0 Å². The van der Waals surface area contributed by atoms with Gasteiger partial charge in [0.05, 0.1) is 23.7 Å². The fraction of sp³-hybridized carbons (Fsp3) is 0.588. The number of phenolic OH excluding ortho intramolecular Hbond substituents is 1. The van der Waals surface area contributed by atoms with Crippen molar-refractivity contribution in [2.75, 3.05) is 19.7 Å². The molecule has 130 valence electrons. The molecule has 1 aromatic rings. The van der Waals surface area contributed by atoms with Crippen LogP contribution in [0.1, 0.15) is 48.9 Å². The summed E-state index contributed by atoms with van der Waals surface area (Å²) < 4.78 is 6.04. The zero-order chi connectivity index (χ0) is 17.2. The van der Waals surface area contributed by atoms with Gasteiger partial charge in [0, 0.05) is 18.2 Å². The normalized spacial score (nSPS) is 20.6. The molecule has 1 aliphatic carbocycles. The van der Waals surface area contributed by atoms with Crippen LogP contribution in [0.5, 0.6) is 5.75 Å². The molecule has 0 radical (unpaired) electrons. The van der Waals surface area contributed by atoms with Gasteiger partial charge in [-0.25, -0.2) is 0 Å². The number of phenols is 1. The van der Waals surface area contributed by atoms with E-state index in [1.165, 1.54) is 25.0 Å². The summed E-state index contributed by atoms with van der Waals surface area (Å²) in [5.74, 6) is -0.677. The van der Waals surface area contributed by atoms with Gasteiger partial charge in [-0.1, -0.05) is 25.7 Å². The summed E-state index contributed by atoms with van der Waals surface area (Å²) in [7, 11) is 0. The van der Waals surface area contributed by atoms with E-state index in [1.807, 2.05) is 0 Å². The third-order valence-corrected chi connectivity index (χ3v) is 4.97. The third kappa shape index (κ3) is 3.36. The maximum absolute atomic E-state index is 12.8. The molecule has 7 nitrogen and oxygen atoms in total. The van der Waals surface area contributed by atoms with Crippen LogP contribution in [0.4, 0.5) is 5.69 Å². The lowest BCUT2D eigenvalue weighted by Crippen LogP contribution is -2.53. The van der Waals surface area contributed by atoms with Crippen LogP contribution in [0.15, 0.2) is 18.2 Å². The number of hydrogen-bond acceptors (Lipinski definition) is 5. The van der Waals surface area contributed by atoms with E-state index in [0.29, 0.717) is 19.7 Å². The monoisotopic (exact) mass is 334 g/mol. The second kappa shape index (κ2) is 6.76. The van der Waals surface area contributed by atoms with Crippen molar-refractivity contribution in [3.05, 3.63) is 33.9 Å². The number of ether oxygens (including phenoxy) is 1. The number of amides is 1. The first-order chi connectivity index (χ1) is 11.5. The van der Waals surface area contributed by atoms with Gasteiger partial charge in [-0.15, -0.1) is 0 Å². The van der Waals surface area contributed by atoms with E-state index in [4.69, 9.17) is 4.74 Å². The number of aromatic hydroxyl groups is 1. The highest BCUT2D eigenvalue weighted by Gasteiger charge is 2.38. The first kappa shape index (κ1) is 16.7. The van der Waals surface area contributed by atoms with Crippen LogP contribution in [0, 0.1) is 10.1 Å². The van der Waals surface area contributed by atoms with Gasteiger partial charge in [0.2, 0.25) is 0 Å². The molecule has 1 amide bonds. The van der Waals surface area contributed by atoms with E-state index in [9.17, 15) is 20.0 Å². The van der Waals surface area contributed by atoms with Crippen LogP contribution in [-0.2, 0) is 4.74 Å². The van der Waals surface area contributed by atoms with Crippen LogP contribution in [0.2, 0.25) is 0 Å². The van der Waals surface area contributed by atoms with Crippen LogP contribution in [0.25, 0.3) is 0 Å². The molecule has 1 aromatic carbocycles. The summed E-state index contributed by atoms with van der Waals surface area (Å²) in [6, 6.07) is 3.78. The molecule has 2 aliphatic rings. The van der Waals surface area contributed by atoms with Gasteiger partial charge in [0.25, 0.3) is 5.91 Å². The van der Waals surface area contributed by atoms with E-state index >= 15 is 0 Å². The number of nitrogens with zero attached hydrogens (tertiary/aromatic N) is 2. The number of nitro groups is 1. The predicted molar refractivity (Wildman–Crippen MR) is 87.0 cm³/mol. The number of nitro benzene ring substituents is 1. The number of morpholine rings is 1. The number of rotatable bonds is 2. The lowest BCUT2D eigenvalue weighted by Gasteiger charge is -2.42. The van der Waals surface area contributed by atoms with Crippen LogP contribution < -0.4 is 0 Å². The average Bonchev–Trinajstić information content (AvgIpc) is 2.80. The summed E-state index contributed by atoms with van der Waals surface area (Å²) in [6.07, 6.45) is 6.50. The summed E-state index contributed by atoms with van der Waals surface area (Å²) in [4.78, 5) is 24.8. The minimum Gasteiger partial charge on any atom is -0.502 e. The lowest BCUT2D eigenvalue weighted by atomic mass is 9.92. The summed E-state index contributed by atoms with van der Waals surface area (Å²) in [5, 5.41) is 20.5. The van der Waals surface area contributed by atoms with E-state index < -0.39 is 16.4 Å². The molecule has 1 heterocycles. The van der Waals surface area contributed by atoms with Crippen molar-refractivity contribution >= 4 is 11.6 Å². The third-order valence-electron chi connectivity index (χ3n) is 4.97. The summed E-state index contributed by atoms with van der Waals surface area (Å²) in [6.45, 7) is 1.50. The Bertz CT molecular complexity index is 638. The van der Waals surface area contributed by atoms with Crippen molar-refractivity contribution in [1.29, 1.82) is 0 Å². The molecule has 0 bridgehead atoms. The fourth-order valence-corrected chi connectivity index (χ4v) is 3.68. The minimum atomic E-state index is -0.682. The quantitative estimate of drug-likeness (QED) is 0.663. The number of benzene rings is 1. The highest BCUT2D eigenvalue weighted by molar-refractivity contribution is 5.95. The Balaban J connectivity index is 1.79. The van der Waals surface area contributed by atoms with E-state index in [0.717, 1.165) is 31.7 Å². The maximum atomic E-state index is 12.8. The molecule has 0 atom stereocenters. The zero-order valence-corrected chi connectivity index (χ0v) is 13.6. The summed E-state index contributed by atoms with van der Waals surface area (Å²) in [5.41, 5.74) is -0.490. The molecule has 0 unspecified atom stereocenters. The molecule has 1 saturated carbocycles. The molecule has 1 aliphatic heterocycles. The number of hydrogen-bond donors (Lipinski definition) is 1. The van der Waals surface area contributed by atoms with Crippen LogP contribution >= 0.6 is 0 Å².